The predicted molar refractivity (Wildman–Crippen MR) is 122 cm³/mol. The number of thiazole rings is 1. The van der Waals surface area contributed by atoms with Gasteiger partial charge in [0.25, 0.3) is 5.91 Å². The fourth-order valence-electron chi connectivity index (χ4n) is 3.15. The van der Waals surface area contributed by atoms with E-state index in [2.05, 4.69) is 4.98 Å². The van der Waals surface area contributed by atoms with E-state index >= 15 is 0 Å². The van der Waals surface area contributed by atoms with Crippen LogP contribution in [0.15, 0.2) is 60.8 Å². The van der Waals surface area contributed by atoms with Crippen LogP contribution in [0.25, 0.3) is 10.2 Å². The van der Waals surface area contributed by atoms with Crippen LogP contribution in [0.4, 0.5) is 5.13 Å². The SMILES string of the molecule is CCOc1ccc(C(=O)N(Cc2ccccn2)c2nc3c(C)cc(Cl)cc3s2)cc1. The first kappa shape index (κ1) is 20.3. The van der Waals surface area contributed by atoms with Crippen molar-refractivity contribution in [2.75, 3.05) is 11.5 Å². The molecule has 5 nitrogen and oxygen atoms in total. The highest BCUT2D eigenvalue weighted by Gasteiger charge is 2.23. The summed E-state index contributed by atoms with van der Waals surface area (Å²) in [7, 11) is 0. The van der Waals surface area contributed by atoms with Gasteiger partial charge in [-0.25, -0.2) is 4.98 Å². The zero-order valence-corrected chi connectivity index (χ0v) is 18.2. The molecule has 2 aromatic carbocycles. The highest BCUT2D eigenvalue weighted by Crippen LogP contribution is 2.34. The van der Waals surface area contributed by atoms with Gasteiger partial charge in [-0.3, -0.25) is 14.7 Å². The van der Waals surface area contributed by atoms with E-state index in [-0.39, 0.29) is 5.91 Å². The van der Waals surface area contributed by atoms with E-state index in [4.69, 9.17) is 21.3 Å². The Balaban J connectivity index is 1.74. The standard InChI is InChI=1S/C23H20ClN3O2S/c1-3-29-19-9-7-16(8-10-19)22(28)27(14-18-6-4-5-11-25-18)23-26-21-15(2)12-17(24)13-20(21)30-23/h4-13H,3,14H2,1-2H3. The van der Waals surface area contributed by atoms with Gasteiger partial charge in [-0.2, -0.15) is 0 Å². The number of rotatable bonds is 6. The topological polar surface area (TPSA) is 55.3 Å². The number of carbonyl (C=O) groups is 1. The molecule has 4 aromatic rings. The second kappa shape index (κ2) is 8.81. The number of aromatic nitrogens is 2. The van der Waals surface area contributed by atoms with Crippen LogP contribution in [0, 0.1) is 6.92 Å². The number of nitrogens with zero attached hydrogens (tertiary/aromatic N) is 3. The lowest BCUT2D eigenvalue weighted by molar-refractivity contribution is 0.0985. The van der Waals surface area contributed by atoms with Crippen LogP contribution in [0.2, 0.25) is 5.02 Å². The smallest absolute Gasteiger partial charge is 0.260 e. The lowest BCUT2D eigenvalue weighted by Crippen LogP contribution is -2.30. The number of fused-ring (bicyclic) bond motifs is 1. The van der Waals surface area contributed by atoms with Gasteiger partial charge in [0.1, 0.15) is 5.75 Å². The van der Waals surface area contributed by atoms with Crippen LogP contribution < -0.4 is 9.64 Å². The maximum absolute atomic E-state index is 13.4. The number of carbonyl (C=O) groups excluding carboxylic acids is 1. The van der Waals surface area contributed by atoms with Gasteiger partial charge in [-0.15, -0.1) is 0 Å². The molecule has 0 N–H and O–H groups in total. The summed E-state index contributed by atoms with van der Waals surface area (Å²) in [5.74, 6) is 0.585. The second-order valence-corrected chi connectivity index (χ2v) is 8.18. The summed E-state index contributed by atoms with van der Waals surface area (Å²) in [4.78, 5) is 24.3. The molecule has 0 spiro atoms. The molecule has 30 heavy (non-hydrogen) atoms. The maximum Gasteiger partial charge on any atom is 0.260 e. The largest absolute Gasteiger partial charge is 0.494 e. The Kier molecular flexibility index (Phi) is 5.97. The highest BCUT2D eigenvalue weighted by atomic mass is 35.5. The van der Waals surface area contributed by atoms with E-state index in [0.717, 1.165) is 27.2 Å². The van der Waals surface area contributed by atoms with Crippen molar-refractivity contribution in [1.29, 1.82) is 0 Å². The van der Waals surface area contributed by atoms with E-state index in [0.29, 0.717) is 28.9 Å². The molecule has 0 saturated heterocycles. The molecule has 0 fully saturated rings. The molecule has 0 atom stereocenters. The van der Waals surface area contributed by atoms with Gasteiger partial charge in [0.05, 0.1) is 29.1 Å². The Bertz CT molecular complexity index is 1180. The van der Waals surface area contributed by atoms with Gasteiger partial charge >= 0.3 is 0 Å². The van der Waals surface area contributed by atoms with Crippen molar-refractivity contribution in [1.82, 2.24) is 9.97 Å². The maximum atomic E-state index is 13.4. The van der Waals surface area contributed by atoms with E-state index in [9.17, 15) is 4.79 Å². The summed E-state index contributed by atoms with van der Waals surface area (Å²) >= 11 is 7.66. The fourth-order valence-corrected chi connectivity index (χ4v) is 4.57. The molecule has 0 bridgehead atoms. The van der Waals surface area contributed by atoms with Gasteiger partial charge in [-0.1, -0.05) is 29.0 Å². The summed E-state index contributed by atoms with van der Waals surface area (Å²) in [5.41, 5.74) is 3.17. The van der Waals surface area contributed by atoms with E-state index in [1.54, 1.807) is 35.4 Å². The molecule has 2 aromatic heterocycles. The summed E-state index contributed by atoms with van der Waals surface area (Å²) < 4.78 is 6.43. The van der Waals surface area contributed by atoms with Crippen molar-refractivity contribution in [2.24, 2.45) is 0 Å². The Morgan fingerprint density at radius 2 is 1.97 bits per heavy atom. The van der Waals surface area contributed by atoms with Crippen LogP contribution in [0.1, 0.15) is 28.5 Å². The molecule has 2 heterocycles. The zero-order chi connectivity index (χ0) is 21.1. The molecule has 4 rings (SSSR count). The molecule has 0 aliphatic rings. The van der Waals surface area contributed by atoms with Gasteiger partial charge in [0, 0.05) is 16.8 Å². The average Bonchev–Trinajstić information content (AvgIpc) is 3.17. The number of hydrogen-bond acceptors (Lipinski definition) is 5. The van der Waals surface area contributed by atoms with Gasteiger partial charge < -0.3 is 4.74 Å². The Labute approximate surface area is 183 Å². The minimum Gasteiger partial charge on any atom is -0.494 e. The van der Waals surface area contributed by atoms with Crippen LogP contribution in [0.3, 0.4) is 0 Å². The summed E-state index contributed by atoms with van der Waals surface area (Å²) in [6, 6.07) is 16.6. The second-order valence-electron chi connectivity index (χ2n) is 6.74. The Morgan fingerprint density at radius 1 is 1.17 bits per heavy atom. The number of pyridine rings is 1. The van der Waals surface area contributed by atoms with Gasteiger partial charge in [-0.05, 0) is 67.9 Å². The van der Waals surface area contributed by atoms with Gasteiger partial charge in [0.2, 0.25) is 0 Å². The normalized spacial score (nSPS) is 10.9. The molecule has 1 amide bonds. The molecule has 0 aliphatic carbocycles. The molecule has 0 aliphatic heterocycles. The van der Waals surface area contributed by atoms with Crippen molar-refractivity contribution in [3.63, 3.8) is 0 Å². The van der Waals surface area contributed by atoms with Crippen molar-refractivity contribution in [2.45, 2.75) is 20.4 Å². The number of hydrogen-bond donors (Lipinski definition) is 0. The van der Waals surface area contributed by atoms with Crippen LogP contribution >= 0.6 is 22.9 Å². The minimum atomic E-state index is -0.147. The van der Waals surface area contributed by atoms with Crippen molar-refractivity contribution < 1.29 is 9.53 Å². The third-order valence-electron chi connectivity index (χ3n) is 4.57. The molecular weight excluding hydrogens is 418 g/mol. The van der Waals surface area contributed by atoms with Crippen molar-refractivity contribution in [3.05, 3.63) is 82.6 Å². The first-order valence-corrected chi connectivity index (χ1v) is 10.8. The molecule has 0 saturated carbocycles. The quantitative estimate of drug-likeness (QED) is 0.377. The average molecular weight is 438 g/mol. The van der Waals surface area contributed by atoms with Crippen molar-refractivity contribution in [3.8, 4) is 5.75 Å². The Morgan fingerprint density at radius 3 is 2.67 bits per heavy atom. The molecule has 0 radical (unpaired) electrons. The summed E-state index contributed by atoms with van der Waals surface area (Å²) in [6.07, 6.45) is 1.72. The van der Waals surface area contributed by atoms with Crippen molar-refractivity contribution >= 4 is 44.2 Å². The Hall–Kier alpha value is -2.96. The van der Waals surface area contributed by atoms with Crippen LogP contribution in [-0.4, -0.2) is 22.5 Å². The number of amides is 1. The molecule has 0 unspecified atom stereocenters. The van der Waals surface area contributed by atoms with Crippen LogP contribution in [-0.2, 0) is 6.54 Å². The highest BCUT2D eigenvalue weighted by molar-refractivity contribution is 7.22. The predicted octanol–water partition coefficient (Wildman–Crippen LogP) is 5.90. The lowest BCUT2D eigenvalue weighted by Gasteiger charge is -2.19. The monoisotopic (exact) mass is 437 g/mol. The number of aryl methyl sites for hydroxylation is 1. The summed E-state index contributed by atoms with van der Waals surface area (Å²) in [5, 5.41) is 1.27. The zero-order valence-electron chi connectivity index (χ0n) is 16.6. The third kappa shape index (κ3) is 4.30. The molecule has 7 heteroatoms. The number of benzene rings is 2. The molecular formula is C23H20ClN3O2S. The van der Waals surface area contributed by atoms with E-state index < -0.39 is 0 Å². The number of halogens is 1. The first-order valence-electron chi connectivity index (χ1n) is 9.56. The van der Waals surface area contributed by atoms with E-state index in [1.165, 1.54) is 11.3 Å². The number of anilines is 1. The van der Waals surface area contributed by atoms with Crippen LogP contribution in [0.5, 0.6) is 5.75 Å². The third-order valence-corrected chi connectivity index (χ3v) is 5.82. The fraction of sp³-hybridized carbons (Fsp3) is 0.174. The summed E-state index contributed by atoms with van der Waals surface area (Å²) in [6.45, 7) is 4.79. The lowest BCUT2D eigenvalue weighted by atomic mass is 10.2. The van der Waals surface area contributed by atoms with Gasteiger partial charge in [0.15, 0.2) is 5.13 Å². The van der Waals surface area contributed by atoms with E-state index in [1.807, 2.05) is 44.2 Å². The molecule has 152 valence electrons. The number of ether oxygens (including phenoxy) is 1. The minimum absolute atomic E-state index is 0.147. The first-order chi connectivity index (χ1) is 14.5.